The van der Waals surface area contributed by atoms with Gasteiger partial charge in [-0.3, -0.25) is 0 Å². The summed E-state index contributed by atoms with van der Waals surface area (Å²) >= 11 is 2.63. The predicted octanol–water partition coefficient (Wildman–Crippen LogP) is 6.96. The lowest BCUT2D eigenvalue weighted by molar-refractivity contribution is -0.172. The predicted molar refractivity (Wildman–Crippen MR) is 131 cm³/mol. The zero-order valence-corrected chi connectivity index (χ0v) is 22.0. The smallest absolute Gasteiger partial charge is 0.170 e. The third kappa shape index (κ3) is 5.85. The fourth-order valence-electron chi connectivity index (χ4n) is 4.58. The fourth-order valence-corrected chi connectivity index (χ4v) is 11.1. The van der Waals surface area contributed by atoms with Crippen LogP contribution in [0.1, 0.15) is 58.4 Å². The number of alkyl halides is 1. The Hall–Kier alpha value is 0.0469. The SMILES string of the molecule is CC(C)(C)[Si](C)(C)[C@H]1[C@@H](I)[C@@H](OC2CCCCC2)O[C@@H]1COCc1ccccc1. The minimum absolute atomic E-state index is 0.0943. The largest absolute Gasteiger partial charge is 0.374 e. The Kier molecular flexibility index (Phi) is 8.26. The third-order valence-corrected chi connectivity index (χ3v) is 15.7. The molecule has 164 valence electrons. The molecule has 4 atom stereocenters. The summed E-state index contributed by atoms with van der Waals surface area (Å²) in [4.78, 5) is 0. The summed E-state index contributed by atoms with van der Waals surface area (Å²) in [7, 11) is -1.63. The highest BCUT2D eigenvalue weighted by Gasteiger charge is 2.55. The van der Waals surface area contributed by atoms with Gasteiger partial charge in [0.15, 0.2) is 6.29 Å². The van der Waals surface area contributed by atoms with Crippen molar-refractivity contribution in [3.63, 3.8) is 0 Å². The van der Waals surface area contributed by atoms with Crippen molar-refractivity contribution in [3.8, 4) is 0 Å². The molecule has 1 aliphatic carbocycles. The molecule has 3 rings (SSSR count). The van der Waals surface area contributed by atoms with Gasteiger partial charge in [-0.1, -0.05) is 106 Å². The van der Waals surface area contributed by atoms with Crippen molar-refractivity contribution in [2.75, 3.05) is 6.61 Å². The Labute approximate surface area is 192 Å². The van der Waals surface area contributed by atoms with Gasteiger partial charge in [0.25, 0.3) is 0 Å². The first-order valence-corrected chi connectivity index (χ1v) is 15.6. The van der Waals surface area contributed by atoms with E-state index in [0.717, 1.165) is 0 Å². The van der Waals surface area contributed by atoms with E-state index in [1.807, 2.05) is 6.07 Å². The minimum atomic E-state index is -1.63. The summed E-state index contributed by atoms with van der Waals surface area (Å²) < 4.78 is 19.7. The van der Waals surface area contributed by atoms with Crippen molar-refractivity contribution in [3.05, 3.63) is 35.9 Å². The Balaban J connectivity index is 1.69. The van der Waals surface area contributed by atoms with Crippen LogP contribution in [0.25, 0.3) is 0 Å². The van der Waals surface area contributed by atoms with Crippen molar-refractivity contribution >= 4 is 30.7 Å². The summed E-state index contributed by atoms with van der Waals surface area (Å²) in [6.07, 6.45) is 6.69. The lowest BCUT2D eigenvalue weighted by Crippen LogP contribution is -2.49. The molecule has 2 fully saturated rings. The molecule has 0 radical (unpaired) electrons. The highest BCUT2D eigenvalue weighted by molar-refractivity contribution is 14.1. The van der Waals surface area contributed by atoms with Crippen LogP contribution in [0.2, 0.25) is 23.7 Å². The first kappa shape index (κ1) is 23.7. The zero-order valence-electron chi connectivity index (χ0n) is 18.8. The number of halogens is 1. The van der Waals surface area contributed by atoms with Crippen LogP contribution in [0.3, 0.4) is 0 Å². The third-order valence-electron chi connectivity index (χ3n) is 7.35. The van der Waals surface area contributed by atoms with Crippen LogP contribution in [0.15, 0.2) is 30.3 Å². The lowest BCUT2D eigenvalue weighted by atomic mass is 9.98. The molecule has 0 bridgehead atoms. The quantitative estimate of drug-likeness (QED) is 0.217. The van der Waals surface area contributed by atoms with Crippen molar-refractivity contribution in [1.29, 1.82) is 0 Å². The monoisotopic (exact) mass is 530 g/mol. The van der Waals surface area contributed by atoms with E-state index in [1.54, 1.807) is 0 Å². The molecule has 0 aromatic heterocycles. The summed E-state index contributed by atoms with van der Waals surface area (Å²) in [6, 6.07) is 10.4. The van der Waals surface area contributed by atoms with Crippen molar-refractivity contribution in [1.82, 2.24) is 0 Å². The van der Waals surface area contributed by atoms with Gasteiger partial charge in [-0.25, -0.2) is 0 Å². The average molecular weight is 531 g/mol. The van der Waals surface area contributed by atoms with E-state index in [-0.39, 0.29) is 12.4 Å². The van der Waals surface area contributed by atoms with E-state index in [0.29, 0.717) is 33.8 Å². The molecule has 0 amide bonds. The van der Waals surface area contributed by atoms with Gasteiger partial charge >= 0.3 is 0 Å². The molecule has 3 nitrogen and oxygen atoms in total. The molecule has 1 heterocycles. The van der Waals surface area contributed by atoms with Crippen molar-refractivity contribution < 1.29 is 14.2 Å². The number of ether oxygens (including phenoxy) is 3. The van der Waals surface area contributed by atoms with Gasteiger partial charge in [0, 0.05) is 0 Å². The average Bonchev–Trinajstić information content (AvgIpc) is 2.98. The molecule has 0 spiro atoms. The second-order valence-corrected chi connectivity index (χ2v) is 17.4. The molecule has 2 aliphatic rings. The van der Waals surface area contributed by atoms with Crippen LogP contribution < -0.4 is 0 Å². The maximum absolute atomic E-state index is 6.59. The van der Waals surface area contributed by atoms with Crippen LogP contribution in [-0.4, -0.2) is 37.1 Å². The topological polar surface area (TPSA) is 27.7 Å². The van der Waals surface area contributed by atoms with Crippen LogP contribution in [0, 0.1) is 0 Å². The molecule has 5 heteroatoms. The Morgan fingerprint density at radius 3 is 2.34 bits per heavy atom. The summed E-state index contributed by atoms with van der Waals surface area (Å²) in [5.41, 5.74) is 1.74. The Bertz CT molecular complexity index is 625. The van der Waals surface area contributed by atoms with Gasteiger partial charge in [0.1, 0.15) is 0 Å². The number of benzene rings is 1. The van der Waals surface area contributed by atoms with Crippen LogP contribution >= 0.6 is 22.6 Å². The normalized spacial score (nSPS) is 29.3. The molecular formula is C24H39IO3Si. The summed E-state index contributed by atoms with van der Waals surface area (Å²) in [5.74, 6) is 0. The van der Waals surface area contributed by atoms with Gasteiger partial charge in [-0.2, -0.15) is 0 Å². The van der Waals surface area contributed by atoms with E-state index in [9.17, 15) is 0 Å². The lowest BCUT2D eigenvalue weighted by Gasteiger charge is -2.44. The maximum Gasteiger partial charge on any atom is 0.170 e. The van der Waals surface area contributed by atoms with Gasteiger partial charge in [-0.05, 0) is 29.0 Å². The zero-order chi connectivity index (χ0) is 21.1. The number of hydrogen-bond donors (Lipinski definition) is 0. The second-order valence-electron chi connectivity index (χ2n) is 10.4. The first-order chi connectivity index (χ1) is 13.7. The first-order valence-electron chi connectivity index (χ1n) is 11.3. The fraction of sp³-hybridized carbons (Fsp3) is 0.750. The molecule has 1 aliphatic heterocycles. The molecule has 1 saturated heterocycles. The van der Waals surface area contributed by atoms with E-state index >= 15 is 0 Å². The van der Waals surface area contributed by atoms with E-state index in [2.05, 4.69) is 80.7 Å². The van der Waals surface area contributed by atoms with Crippen LogP contribution in [-0.2, 0) is 20.8 Å². The highest BCUT2D eigenvalue weighted by Crippen LogP contribution is 2.53. The van der Waals surface area contributed by atoms with Crippen molar-refractivity contribution in [2.24, 2.45) is 0 Å². The number of rotatable bonds is 7. The van der Waals surface area contributed by atoms with Gasteiger partial charge in [0.2, 0.25) is 0 Å². The van der Waals surface area contributed by atoms with E-state index < -0.39 is 8.07 Å². The highest BCUT2D eigenvalue weighted by atomic mass is 127. The summed E-state index contributed by atoms with van der Waals surface area (Å²) in [5, 5.41) is 0.307. The van der Waals surface area contributed by atoms with Gasteiger partial charge in [0.05, 0.1) is 37.4 Å². The second kappa shape index (κ2) is 10.1. The molecule has 0 N–H and O–H groups in total. The molecule has 0 unspecified atom stereocenters. The van der Waals surface area contributed by atoms with E-state index in [1.165, 1.54) is 37.7 Å². The van der Waals surface area contributed by atoms with E-state index in [4.69, 9.17) is 14.2 Å². The maximum atomic E-state index is 6.59. The molecular weight excluding hydrogens is 491 g/mol. The summed E-state index contributed by atoms with van der Waals surface area (Å²) in [6.45, 7) is 13.6. The van der Waals surface area contributed by atoms with Crippen LogP contribution in [0.5, 0.6) is 0 Å². The molecule has 29 heavy (non-hydrogen) atoms. The van der Waals surface area contributed by atoms with Gasteiger partial charge < -0.3 is 14.2 Å². The van der Waals surface area contributed by atoms with Gasteiger partial charge in [-0.15, -0.1) is 0 Å². The Morgan fingerprint density at radius 2 is 1.72 bits per heavy atom. The van der Waals surface area contributed by atoms with Crippen LogP contribution in [0.4, 0.5) is 0 Å². The molecule has 1 saturated carbocycles. The molecule has 1 aromatic rings. The van der Waals surface area contributed by atoms with Crippen molar-refractivity contribution in [2.45, 2.75) is 106 Å². The standard InChI is InChI=1S/C24H39IO3Si/c1-24(2,3)29(4,5)22-20(17-26-16-18-12-8-6-9-13-18)28-23(21(22)25)27-19-14-10-7-11-15-19/h6,8-9,12-13,19-23H,7,10-11,14-17H2,1-5H3/t20-,21-,22-,23+/m1/s1. The molecule has 1 aromatic carbocycles. The number of hydrogen-bond acceptors (Lipinski definition) is 3. The Morgan fingerprint density at radius 1 is 1.07 bits per heavy atom. The minimum Gasteiger partial charge on any atom is -0.374 e.